The lowest BCUT2D eigenvalue weighted by molar-refractivity contribution is -0.115. The van der Waals surface area contributed by atoms with E-state index in [-0.39, 0.29) is 17.6 Å². The molecule has 152 valence electrons. The molecule has 7 heteroatoms. The van der Waals surface area contributed by atoms with E-state index in [1.807, 2.05) is 49.4 Å². The Labute approximate surface area is 175 Å². The first-order chi connectivity index (χ1) is 13.9. The zero-order valence-electron chi connectivity index (χ0n) is 16.9. The van der Waals surface area contributed by atoms with Crippen molar-refractivity contribution in [1.29, 1.82) is 0 Å². The molecule has 0 aliphatic carbocycles. The molecule has 6 nitrogen and oxygen atoms in total. The predicted molar refractivity (Wildman–Crippen MR) is 121 cm³/mol. The van der Waals surface area contributed by atoms with E-state index < -0.39 is 6.03 Å². The monoisotopic (exact) mass is 410 g/mol. The Morgan fingerprint density at radius 3 is 2.62 bits per heavy atom. The zero-order chi connectivity index (χ0) is 21.0. The zero-order valence-corrected chi connectivity index (χ0v) is 17.8. The maximum absolute atomic E-state index is 12.6. The molecule has 3 amide bonds. The van der Waals surface area contributed by atoms with E-state index in [9.17, 15) is 9.59 Å². The van der Waals surface area contributed by atoms with Crippen LogP contribution in [0.25, 0.3) is 0 Å². The molecule has 0 aromatic heterocycles. The summed E-state index contributed by atoms with van der Waals surface area (Å²) in [6, 6.07) is 13.0. The number of aliphatic imine (C=N–C) groups is 1. The Balaban J connectivity index is 1.84. The second-order valence-corrected chi connectivity index (χ2v) is 8.24. The highest BCUT2D eigenvalue weighted by molar-refractivity contribution is 8.15. The molecular weight excluding hydrogens is 384 g/mol. The summed E-state index contributed by atoms with van der Waals surface area (Å²) in [4.78, 5) is 30.8. The van der Waals surface area contributed by atoms with E-state index in [0.29, 0.717) is 17.4 Å². The van der Waals surface area contributed by atoms with E-state index in [0.717, 1.165) is 28.8 Å². The normalized spacial score (nSPS) is 15.4. The third kappa shape index (κ3) is 5.05. The topological polar surface area (TPSA) is 87.8 Å². The van der Waals surface area contributed by atoms with E-state index in [2.05, 4.69) is 24.2 Å². The van der Waals surface area contributed by atoms with Crippen LogP contribution in [-0.2, 0) is 11.2 Å². The van der Waals surface area contributed by atoms with E-state index in [1.165, 1.54) is 11.8 Å². The fraction of sp³-hybridized carbons (Fsp3) is 0.318. The van der Waals surface area contributed by atoms with E-state index >= 15 is 0 Å². The van der Waals surface area contributed by atoms with Gasteiger partial charge in [-0.1, -0.05) is 49.9 Å². The Hall–Kier alpha value is -2.64. The number of amides is 3. The number of amidine groups is 1. The van der Waals surface area contributed by atoms with Crippen LogP contribution >= 0.6 is 11.8 Å². The van der Waals surface area contributed by atoms with Crippen molar-refractivity contribution in [3.05, 3.63) is 59.2 Å². The number of rotatable bonds is 5. The molecule has 0 radical (unpaired) electrons. The maximum Gasteiger partial charge on any atom is 0.347 e. The summed E-state index contributed by atoms with van der Waals surface area (Å²) in [6.07, 6.45) is 0.791. The molecule has 1 heterocycles. The largest absolute Gasteiger partial charge is 0.347 e. The Kier molecular flexibility index (Phi) is 6.71. The summed E-state index contributed by atoms with van der Waals surface area (Å²) < 4.78 is 0. The molecule has 0 unspecified atom stereocenters. The predicted octanol–water partition coefficient (Wildman–Crippen LogP) is 4.29. The van der Waals surface area contributed by atoms with Gasteiger partial charge in [-0.05, 0) is 60.7 Å². The number of carbonyl (C=O) groups is 2. The molecule has 3 N–H and O–H groups in total. The van der Waals surface area contributed by atoms with Gasteiger partial charge in [0.15, 0.2) is 5.17 Å². The molecule has 1 saturated heterocycles. The minimum atomic E-state index is -0.502. The van der Waals surface area contributed by atoms with Gasteiger partial charge >= 0.3 is 6.03 Å². The smallest absolute Gasteiger partial charge is 0.330 e. The van der Waals surface area contributed by atoms with Crippen molar-refractivity contribution in [2.24, 2.45) is 10.7 Å². The minimum Gasteiger partial charge on any atom is -0.330 e. The number of carbonyl (C=O) groups excluding carboxylic acids is 2. The minimum absolute atomic E-state index is 0.0693. The van der Waals surface area contributed by atoms with Crippen LogP contribution in [0.1, 0.15) is 36.5 Å². The molecular formula is C22H26N4O2S. The number of nitrogens with zero attached hydrogens (tertiary/aromatic N) is 2. The fourth-order valence-electron chi connectivity index (χ4n) is 3.18. The van der Waals surface area contributed by atoms with Crippen LogP contribution in [0.5, 0.6) is 0 Å². The molecule has 1 aliphatic rings. The van der Waals surface area contributed by atoms with Crippen LogP contribution in [0.4, 0.5) is 16.2 Å². The van der Waals surface area contributed by atoms with Gasteiger partial charge in [0.05, 0.1) is 11.4 Å². The SMILES string of the molecule is Cc1ccc(C(C)C)c(N2C(=O)CS/C2=N\C(=O)Nc2ccc(CCN)cc2)c1. The summed E-state index contributed by atoms with van der Waals surface area (Å²) >= 11 is 1.28. The van der Waals surface area contributed by atoms with Crippen LogP contribution in [-0.4, -0.2) is 29.4 Å². The quantitative estimate of drug-likeness (QED) is 0.770. The number of nitrogens with one attached hydrogen (secondary N) is 1. The molecule has 3 rings (SSSR count). The third-order valence-electron chi connectivity index (χ3n) is 4.65. The molecule has 0 saturated carbocycles. The maximum atomic E-state index is 12.6. The lowest BCUT2D eigenvalue weighted by Gasteiger charge is -2.22. The highest BCUT2D eigenvalue weighted by Gasteiger charge is 2.32. The van der Waals surface area contributed by atoms with Gasteiger partial charge in [0, 0.05) is 5.69 Å². The van der Waals surface area contributed by atoms with E-state index in [1.54, 1.807) is 4.90 Å². The lowest BCUT2D eigenvalue weighted by atomic mass is 9.99. The van der Waals surface area contributed by atoms with Crippen molar-refractivity contribution in [3.8, 4) is 0 Å². The van der Waals surface area contributed by atoms with Crippen molar-refractivity contribution in [1.82, 2.24) is 0 Å². The number of thioether (sulfide) groups is 1. The van der Waals surface area contributed by atoms with Crippen LogP contribution in [0.2, 0.25) is 0 Å². The number of hydrogen-bond donors (Lipinski definition) is 2. The van der Waals surface area contributed by atoms with Crippen LogP contribution in [0, 0.1) is 6.92 Å². The molecule has 0 atom stereocenters. The number of nitrogens with two attached hydrogens (primary N) is 1. The van der Waals surface area contributed by atoms with Crippen molar-refractivity contribution in [2.45, 2.75) is 33.1 Å². The average Bonchev–Trinajstić information content (AvgIpc) is 3.03. The molecule has 2 aromatic rings. The molecule has 29 heavy (non-hydrogen) atoms. The summed E-state index contributed by atoms with van der Waals surface area (Å²) in [5, 5.41) is 3.17. The van der Waals surface area contributed by atoms with Gasteiger partial charge in [-0.2, -0.15) is 4.99 Å². The first-order valence-electron chi connectivity index (χ1n) is 9.64. The Morgan fingerprint density at radius 2 is 1.97 bits per heavy atom. The molecule has 1 fully saturated rings. The Morgan fingerprint density at radius 1 is 1.24 bits per heavy atom. The Bertz CT molecular complexity index is 938. The number of urea groups is 1. The summed E-state index contributed by atoms with van der Waals surface area (Å²) in [5.74, 6) is 0.442. The summed E-state index contributed by atoms with van der Waals surface area (Å²) in [6.45, 7) is 6.73. The van der Waals surface area contributed by atoms with Gasteiger partial charge in [0.25, 0.3) is 0 Å². The standard InChI is InChI=1S/C22H26N4O2S/c1-14(2)18-9-4-15(3)12-19(18)26-20(27)13-29-22(26)25-21(28)24-17-7-5-16(6-8-17)10-11-23/h4-9,12,14H,10-11,13,23H2,1-3H3,(H,24,28)/b25-22-. The van der Waals surface area contributed by atoms with Gasteiger partial charge < -0.3 is 11.1 Å². The molecule has 0 bridgehead atoms. The number of aryl methyl sites for hydroxylation is 1. The van der Waals surface area contributed by atoms with Gasteiger partial charge in [0.2, 0.25) is 5.91 Å². The number of hydrogen-bond acceptors (Lipinski definition) is 4. The van der Waals surface area contributed by atoms with Crippen molar-refractivity contribution >= 4 is 40.2 Å². The second kappa shape index (κ2) is 9.24. The summed E-state index contributed by atoms with van der Waals surface area (Å²) in [7, 11) is 0. The van der Waals surface area contributed by atoms with Gasteiger partial charge in [-0.3, -0.25) is 9.69 Å². The lowest BCUT2D eigenvalue weighted by Crippen LogP contribution is -2.31. The average molecular weight is 411 g/mol. The van der Waals surface area contributed by atoms with Gasteiger partial charge in [-0.25, -0.2) is 4.79 Å². The number of anilines is 2. The molecule has 0 spiro atoms. The molecule has 2 aromatic carbocycles. The van der Waals surface area contributed by atoms with Crippen molar-refractivity contribution < 1.29 is 9.59 Å². The highest BCUT2D eigenvalue weighted by Crippen LogP contribution is 2.34. The third-order valence-corrected chi connectivity index (χ3v) is 5.57. The fourth-order valence-corrected chi connectivity index (χ4v) is 4.04. The van der Waals surface area contributed by atoms with Crippen LogP contribution in [0.15, 0.2) is 47.5 Å². The highest BCUT2D eigenvalue weighted by atomic mass is 32.2. The van der Waals surface area contributed by atoms with Gasteiger partial charge in [0.1, 0.15) is 0 Å². The van der Waals surface area contributed by atoms with Crippen LogP contribution < -0.4 is 16.0 Å². The van der Waals surface area contributed by atoms with Gasteiger partial charge in [-0.15, -0.1) is 0 Å². The first-order valence-corrected chi connectivity index (χ1v) is 10.6. The number of benzene rings is 2. The molecule has 1 aliphatic heterocycles. The van der Waals surface area contributed by atoms with E-state index in [4.69, 9.17) is 5.73 Å². The van der Waals surface area contributed by atoms with Crippen molar-refractivity contribution in [3.63, 3.8) is 0 Å². The van der Waals surface area contributed by atoms with Crippen LogP contribution in [0.3, 0.4) is 0 Å². The van der Waals surface area contributed by atoms with Crippen molar-refractivity contribution in [2.75, 3.05) is 22.5 Å². The summed E-state index contributed by atoms with van der Waals surface area (Å²) in [5.41, 5.74) is 10.2. The second-order valence-electron chi connectivity index (χ2n) is 7.29. The first kappa shape index (κ1) is 21.1.